The quantitative estimate of drug-likeness (QED) is 0.539. The predicted octanol–water partition coefficient (Wildman–Crippen LogP) is -1.24. The predicted molar refractivity (Wildman–Crippen MR) is 38.5 cm³/mol. The zero-order valence-electron chi connectivity index (χ0n) is 5.40. The Morgan fingerprint density at radius 2 is 2.10 bits per heavy atom. The number of hydrogen-bond acceptors (Lipinski definition) is 3. The van der Waals surface area contributed by atoms with Gasteiger partial charge in [0.25, 0.3) is 0 Å². The minimum absolute atomic E-state index is 0.00193. The SMILES string of the molecule is CS(=O)(=O)CCNS(=O)O. The summed E-state index contributed by atoms with van der Waals surface area (Å²) in [6.07, 6.45) is 1.06. The molecule has 0 rings (SSSR count). The highest BCUT2D eigenvalue weighted by Crippen LogP contribution is 1.79. The first kappa shape index (κ1) is 10.0. The Bertz CT molecular complexity index is 209. The van der Waals surface area contributed by atoms with Crippen LogP contribution in [0.5, 0.6) is 0 Å². The first-order valence-electron chi connectivity index (χ1n) is 2.44. The van der Waals surface area contributed by atoms with Gasteiger partial charge in [-0.25, -0.2) is 17.3 Å². The van der Waals surface area contributed by atoms with Crippen molar-refractivity contribution in [2.45, 2.75) is 0 Å². The molecule has 0 radical (unpaired) electrons. The molecule has 0 aromatic heterocycles. The highest BCUT2D eigenvalue weighted by Gasteiger charge is 2.01. The molecule has 0 spiro atoms. The Kier molecular flexibility index (Phi) is 4.02. The molecule has 1 atom stereocenters. The molecule has 5 nitrogen and oxygen atoms in total. The van der Waals surface area contributed by atoms with Crippen molar-refractivity contribution in [3.63, 3.8) is 0 Å². The van der Waals surface area contributed by atoms with Crippen LogP contribution in [-0.2, 0) is 21.1 Å². The Labute approximate surface area is 62.2 Å². The Morgan fingerprint density at radius 3 is 2.40 bits per heavy atom. The van der Waals surface area contributed by atoms with Crippen LogP contribution in [0.1, 0.15) is 0 Å². The first-order valence-corrected chi connectivity index (χ1v) is 5.60. The number of nitrogens with one attached hydrogen (secondary N) is 1. The van der Waals surface area contributed by atoms with E-state index in [9.17, 15) is 12.6 Å². The third-order valence-electron chi connectivity index (χ3n) is 0.698. The van der Waals surface area contributed by atoms with E-state index in [0.29, 0.717) is 0 Å². The van der Waals surface area contributed by atoms with E-state index in [-0.39, 0.29) is 12.3 Å². The molecular formula is C3H9NO4S2. The summed E-state index contributed by atoms with van der Waals surface area (Å²) in [6.45, 7) is 0.00193. The highest BCUT2D eigenvalue weighted by molar-refractivity contribution is 7.90. The summed E-state index contributed by atoms with van der Waals surface area (Å²) < 4.78 is 40.8. The summed E-state index contributed by atoms with van der Waals surface area (Å²) in [5, 5.41) is 0. The van der Waals surface area contributed by atoms with Crippen molar-refractivity contribution in [2.75, 3.05) is 18.6 Å². The van der Waals surface area contributed by atoms with E-state index in [1.165, 1.54) is 0 Å². The number of sulfone groups is 1. The Hall–Kier alpha value is 0.0200. The lowest BCUT2D eigenvalue weighted by Crippen LogP contribution is -2.23. The molecule has 0 aromatic rings. The van der Waals surface area contributed by atoms with E-state index in [2.05, 4.69) is 4.72 Å². The monoisotopic (exact) mass is 187 g/mol. The minimum Gasteiger partial charge on any atom is -0.294 e. The zero-order chi connectivity index (χ0) is 8.20. The van der Waals surface area contributed by atoms with Gasteiger partial charge < -0.3 is 0 Å². The third kappa shape index (κ3) is 8.02. The van der Waals surface area contributed by atoms with Gasteiger partial charge in [-0.15, -0.1) is 0 Å². The van der Waals surface area contributed by atoms with Gasteiger partial charge in [-0.05, 0) is 0 Å². The van der Waals surface area contributed by atoms with Crippen molar-refractivity contribution >= 4 is 21.1 Å². The molecule has 0 aliphatic carbocycles. The van der Waals surface area contributed by atoms with Gasteiger partial charge >= 0.3 is 0 Å². The van der Waals surface area contributed by atoms with Crippen LogP contribution in [0, 0.1) is 0 Å². The van der Waals surface area contributed by atoms with Crippen LogP contribution < -0.4 is 4.72 Å². The van der Waals surface area contributed by atoms with Crippen molar-refractivity contribution in [1.29, 1.82) is 0 Å². The second-order valence-electron chi connectivity index (χ2n) is 1.77. The average molecular weight is 187 g/mol. The Balaban J connectivity index is 3.49. The van der Waals surface area contributed by atoms with Gasteiger partial charge in [-0.3, -0.25) is 4.55 Å². The van der Waals surface area contributed by atoms with Gasteiger partial charge in [0.2, 0.25) is 11.3 Å². The Morgan fingerprint density at radius 1 is 1.60 bits per heavy atom. The normalized spacial score (nSPS) is 15.0. The molecule has 2 N–H and O–H groups in total. The highest BCUT2D eigenvalue weighted by atomic mass is 32.2. The van der Waals surface area contributed by atoms with Gasteiger partial charge in [0.15, 0.2) is 0 Å². The van der Waals surface area contributed by atoms with E-state index in [4.69, 9.17) is 4.55 Å². The van der Waals surface area contributed by atoms with E-state index in [0.717, 1.165) is 6.26 Å². The molecular weight excluding hydrogens is 178 g/mol. The number of hydrogen-bond donors (Lipinski definition) is 2. The molecule has 0 saturated heterocycles. The molecule has 0 aliphatic rings. The van der Waals surface area contributed by atoms with E-state index >= 15 is 0 Å². The molecule has 0 aliphatic heterocycles. The second kappa shape index (κ2) is 4.02. The molecule has 0 amide bonds. The van der Waals surface area contributed by atoms with Gasteiger partial charge in [0.1, 0.15) is 9.84 Å². The summed E-state index contributed by atoms with van der Waals surface area (Å²) in [5.41, 5.74) is 0. The smallest absolute Gasteiger partial charge is 0.231 e. The molecule has 1 unspecified atom stereocenters. The minimum atomic E-state index is -3.03. The maximum atomic E-state index is 10.4. The molecule has 0 saturated carbocycles. The van der Waals surface area contributed by atoms with Gasteiger partial charge in [-0.2, -0.15) is 0 Å². The summed E-state index contributed by atoms with van der Waals surface area (Å²) in [5.74, 6) is -0.126. The van der Waals surface area contributed by atoms with Crippen LogP contribution in [0.4, 0.5) is 0 Å². The average Bonchev–Trinajstić information content (AvgIpc) is 1.59. The van der Waals surface area contributed by atoms with Gasteiger partial charge in [0.05, 0.1) is 5.75 Å². The summed E-state index contributed by atoms with van der Waals surface area (Å²) in [6, 6.07) is 0. The lowest BCUT2D eigenvalue weighted by Gasteiger charge is -1.96. The van der Waals surface area contributed by atoms with Gasteiger partial charge in [-0.1, -0.05) is 0 Å². The van der Waals surface area contributed by atoms with E-state index < -0.39 is 21.1 Å². The lowest BCUT2D eigenvalue weighted by molar-refractivity contribution is 0.551. The van der Waals surface area contributed by atoms with Crippen molar-refractivity contribution < 1.29 is 17.2 Å². The van der Waals surface area contributed by atoms with Crippen LogP contribution in [0.25, 0.3) is 0 Å². The third-order valence-corrected chi connectivity index (χ3v) is 2.10. The molecule has 0 heterocycles. The standard InChI is InChI=1S/C3H9NO4S2/c1-10(7,8)3-2-4-9(5)6/h4H,2-3H2,1H3,(H,5,6). The fourth-order valence-corrected chi connectivity index (χ4v) is 1.19. The van der Waals surface area contributed by atoms with Crippen LogP contribution in [0.15, 0.2) is 0 Å². The fourth-order valence-electron chi connectivity index (χ4n) is 0.314. The van der Waals surface area contributed by atoms with Crippen molar-refractivity contribution in [1.82, 2.24) is 4.72 Å². The maximum absolute atomic E-state index is 10.4. The van der Waals surface area contributed by atoms with E-state index in [1.54, 1.807) is 0 Å². The molecule has 10 heavy (non-hydrogen) atoms. The van der Waals surface area contributed by atoms with Crippen LogP contribution in [0.2, 0.25) is 0 Å². The lowest BCUT2D eigenvalue weighted by atomic mass is 10.8. The molecule has 0 aromatic carbocycles. The first-order chi connectivity index (χ1) is 4.42. The topological polar surface area (TPSA) is 83.5 Å². The van der Waals surface area contributed by atoms with Crippen LogP contribution >= 0.6 is 0 Å². The molecule has 0 bridgehead atoms. The maximum Gasteiger partial charge on any atom is 0.231 e. The molecule has 7 heteroatoms. The second-order valence-corrected chi connectivity index (χ2v) is 4.82. The summed E-state index contributed by atoms with van der Waals surface area (Å²) >= 11 is -2.11. The fraction of sp³-hybridized carbons (Fsp3) is 1.00. The largest absolute Gasteiger partial charge is 0.294 e. The number of rotatable bonds is 4. The summed E-state index contributed by atoms with van der Waals surface area (Å²) in [4.78, 5) is 0. The summed E-state index contributed by atoms with van der Waals surface area (Å²) in [7, 11) is -3.03. The molecule has 0 fully saturated rings. The zero-order valence-corrected chi connectivity index (χ0v) is 7.04. The van der Waals surface area contributed by atoms with Crippen molar-refractivity contribution in [3.8, 4) is 0 Å². The van der Waals surface area contributed by atoms with Gasteiger partial charge in [0, 0.05) is 12.8 Å². The molecule has 62 valence electrons. The van der Waals surface area contributed by atoms with E-state index in [1.807, 2.05) is 0 Å². The van der Waals surface area contributed by atoms with Crippen molar-refractivity contribution in [3.05, 3.63) is 0 Å². The van der Waals surface area contributed by atoms with Crippen LogP contribution in [0.3, 0.4) is 0 Å². The van der Waals surface area contributed by atoms with Crippen LogP contribution in [-0.4, -0.2) is 35.7 Å². The van der Waals surface area contributed by atoms with Crippen molar-refractivity contribution in [2.24, 2.45) is 0 Å².